The van der Waals surface area contributed by atoms with Crippen LogP contribution in [0.4, 0.5) is 5.13 Å². The lowest BCUT2D eigenvalue weighted by Gasteiger charge is -2.08. The third-order valence-electron chi connectivity index (χ3n) is 4.04. The predicted octanol–water partition coefficient (Wildman–Crippen LogP) is 4.70. The molecule has 3 aromatic rings. The van der Waals surface area contributed by atoms with Gasteiger partial charge in [0.1, 0.15) is 11.5 Å². The van der Waals surface area contributed by atoms with E-state index in [4.69, 9.17) is 9.47 Å². The Morgan fingerprint density at radius 2 is 1.88 bits per heavy atom. The number of anilines is 1. The minimum atomic E-state index is -0.162. The number of methoxy groups -OCH3 is 2. The maximum Gasteiger partial charge on any atom is 0.257 e. The number of aryl methyl sites for hydroxylation is 2. The van der Waals surface area contributed by atoms with Gasteiger partial charge in [-0.25, -0.2) is 4.98 Å². The second kappa shape index (κ2) is 7.58. The van der Waals surface area contributed by atoms with Crippen molar-refractivity contribution in [1.82, 2.24) is 4.98 Å². The van der Waals surface area contributed by atoms with E-state index in [0.29, 0.717) is 22.2 Å². The standard InChI is InChI=1S/C20H20N2O3S/c1-12-5-7-15(13(2)9-12)19(23)22-20-21-17(11-26-20)16-8-6-14(24-3)10-18(16)25-4/h5-11H,1-4H3,(H,21,22,23). The molecule has 26 heavy (non-hydrogen) atoms. The van der Waals surface area contributed by atoms with Crippen molar-refractivity contribution in [2.24, 2.45) is 0 Å². The highest BCUT2D eigenvalue weighted by atomic mass is 32.1. The van der Waals surface area contributed by atoms with Gasteiger partial charge in [0.05, 0.1) is 19.9 Å². The number of hydrogen-bond acceptors (Lipinski definition) is 5. The third kappa shape index (κ3) is 3.70. The van der Waals surface area contributed by atoms with Crippen LogP contribution in [0.15, 0.2) is 41.8 Å². The Kier molecular flexibility index (Phi) is 5.23. The van der Waals surface area contributed by atoms with E-state index in [0.717, 1.165) is 22.4 Å². The molecule has 6 heteroatoms. The summed E-state index contributed by atoms with van der Waals surface area (Å²) in [4.78, 5) is 17.0. The Morgan fingerprint density at radius 1 is 1.08 bits per heavy atom. The number of ether oxygens (including phenoxy) is 2. The van der Waals surface area contributed by atoms with Crippen LogP contribution < -0.4 is 14.8 Å². The minimum Gasteiger partial charge on any atom is -0.497 e. The van der Waals surface area contributed by atoms with Gasteiger partial charge >= 0.3 is 0 Å². The topological polar surface area (TPSA) is 60.5 Å². The third-order valence-corrected chi connectivity index (χ3v) is 4.79. The second-order valence-electron chi connectivity index (χ2n) is 5.88. The second-order valence-corrected chi connectivity index (χ2v) is 6.73. The number of benzene rings is 2. The molecule has 0 radical (unpaired) electrons. The first-order valence-electron chi connectivity index (χ1n) is 8.08. The first-order chi connectivity index (χ1) is 12.5. The lowest BCUT2D eigenvalue weighted by atomic mass is 10.1. The van der Waals surface area contributed by atoms with Gasteiger partial charge in [-0.3, -0.25) is 10.1 Å². The van der Waals surface area contributed by atoms with E-state index in [2.05, 4.69) is 10.3 Å². The molecule has 0 bridgehead atoms. The molecule has 0 saturated carbocycles. The summed E-state index contributed by atoms with van der Waals surface area (Å²) in [6.07, 6.45) is 0. The van der Waals surface area contributed by atoms with Crippen molar-refractivity contribution in [3.63, 3.8) is 0 Å². The van der Waals surface area contributed by atoms with E-state index in [1.54, 1.807) is 14.2 Å². The fourth-order valence-electron chi connectivity index (χ4n) is 2.70. The van der Waals surface area contributed by atoms with Gasteiger partial charge in [0.2, 0.25) is 0 Å². The molecule has 0 aliphatic heterocycles. The summed E-state index contributed by atoms with van der Waals surface area (Å²) in [5.41, 5.74) is 4.30. The Bertz CT molecular complexity index is 950. The maximum absolute atomic E-state index is 12.5. The highest BCUT2D eigenvalue weighted by Gasteiger charge is 2.14. The molecule has 2 aromatic carbocycles. The zero-order valence-corrected chi connectivity index (χ0v) is 15.9. The van der Waals surface area contributed by atoms with E-state index in [9.17, 15) is 4.79 Å². The summed E-state index contributed by atoms with van der Waals surface area (Å²) in [6, 6.07) is 11.3. The van der Waals surface area contributed by atoms with Crippen LogP contribution in [0.25, 0.3) is 11.3 Å². The van der Waals surface area contributed by atoms with Crippen molar-refractivity contribution in [1.29, 1.82) is 0 Å². The van der Waals surface area contributed by atoms with Crippen LogP contribution in [0.1, 0.15) is 21.5 Å². The molecule has 1 amide bonds. The molecule has 0 aliphatic carbocycles. The summed E-state index contributed by atoms with van der Waals surface area (Å²) in [6.45, 7) is 3.93. The van der Waals surface area contributed by atoms with Crippen molar-refractivity contribution in [2.45, 2.75) is 13.8 Å². The Balaban J connectivity index is 1.83. The van der Waals surface area contributed by atoms with Crippen LogP contribution in [-0.2, 0) is 0 Å². The van der Waals surface area contributed by atoms with Crippen molar-refractivity contribution in [2.75, 3.05) is 19.5 Å². The highest BCUT2D eigenvalue weighted by molar-refractivity contribution is 7.14. The zero-order chi connectivity index (χ0) is 18.7. The Morgan fingerprint density at radius 3 is 2.58 bits per heavy atom. The largest absolute Gasteiger partial charge is 0.497 e. The number of nitrogens with zero attached hydrogens (tertiary/aromatic N) is 1. The van der Waals surface area contributed by atoms with Gasteiger partial charge in [0.25, 0.3) is 5.91 Å². The summed E-state index contributed by atoms with van der Waals surface area (Å²) < 4.78 is 10.6. The van der Waals surface area contributed by atoms with Crippen LogP contribution in [0.5, 0.6) is 11.5 Å². The lowest BCUT2D eigenvalue weighted by molar-refractivity contribution is 0.102. The summed E-state index contributed by atoms with van der Waals surface area (Å²) >= 11 is 1.38. The van der Waals surface area contributed by atoms with E-state index in [-0.39, 0.29) is 5.91 Å². The Hall–Kier alpha value is -2.86. The number of carbonyl (C=O) groups excluding carboxylic acids is 1. The van der Waals surface area contributed by atoms with Crippen LogP contribution in [0.3, 0.4) is 0 Å². The molecule has 0 unspecified atom stereocenters. The molecular formula is C20H20N2O3S. The van der Waals surface area contributed by atoms with Gasteiger partial charge in [-0.1, -0.05) is 17.7 Å². The predicted molar refractivity (Wildman–Crippen MR) is 105 cm³/mol. The number of rotatable bonds is 5. The fourth-order valence-corrected chi connectivity index (χ4v) is 3.40. The number of hydrogen-bond donors (Lipinski definition) is 1. The smallest absolute Gasteiger partial charge is 0.257 e. The van der Waals surface area contributed by atoms with Gasteiger partial charge < -0.3 is 9.47 Å². The van der Waals surface area contributed by atoms with Gasteiger partial charge in [-0.05, 0) is 37.6 Å². The average Bonchev–Trinajstić information content (AvgIpc) is 3.09. The van der Waals surface area contributed by atoms with Gasteiger partial charge in [-0.15, -0.1) is 11.3 Å². The molecular weight excluding hydrogens is 348 g/mol. The quantitative estimate of drug-likeness (QED) is 0.709. The van der Waals surface area contributed by atoms with Gasteiger partial charge in [0, 0.05) is 22.6 Å². The average molecular weight is 368 g/mol. The molecule has 1 N–H and O–H groups in total. The van der Waals surface area contributed by atoms with Crippen LogP contribution >= 0.6 is 11.3 Å². The molecule has 0 aliphatic rings. The number of aromatic nitrogens is 1. The summed E-state index contributed by atoms with van der Waals surface area (Å²) in [5.74, 6) is 1.22. The van der Waals surface area contributed by atoms with Gasteiger partial charge in [-0.2, -0.15) is 0 Å². The summed E-state index contributed by atoms with van der Waals surface area (Å²) in [5, 5.41) is 5.31. The maximum atomic E-state index is 12.5. The van der Waals surface area contributed by atoms with Crippen LogP contribution in [0.2, 0.25) is 0 Å². The van der Waals surface area contributed by atoms with Crippen molar-refractivity contribution in [3.05, 3.63) is 58.5 Å². The molecule has 1 aromatic heterocycles. The highest BCUT2D eigenvalue weighted by Crippen LogP contribution is 2.34. The zero-order valence-electron chi connectivity index (χ0n) is 15.1. The van der Waals surface area contributed by atoms with Crippen molar-refractivity contribution >= 4 is 22.4 Å². The van der Waals surface area contributed by atoms with E-state index in [1.807, 2.05) is 55.6 Å². The molecule has 3 rings (SSSR count). The van der Waals surface area contributed by atoms with E-state index >= 15 is 0 Å². The van der Waals surface area contributed by atoms with E-state index in [1.165, 1.54) is 11.3 Å². The van der Waals surface area contributed by atoms with Crippen molar-refractivity contribution < 1.29 is 14.3 Å². The molecule has 0 atom stereocenters. The molecule has 0 fully saturated rings. The number of carbonyl (C=O) groups is 1. The molecule has 1 heterocycles. The summed E-state index contributed by atoms with van der Waals surface area (Å²) in [7, 11) is 3.21. The Labute approximate surface area is 156 Å². The molecule has 5 nitrogen and oxygen atoms in total. The SMILES string of the molecule is COc1ccc(-c2csc(NC(=O)c3ccc(C)cc3C)n2)c(OC)c1. The van der Waals surface area contributed by atoms with Crippen LogP contribution in [-0.4, -0.2) is 25.1 Å². The van der Waals surface area contributed by atoms with Crippen LogP contribution in [0, 0.1) is 13.8 Å². The molecule has 134 valence electrons. The van der Waals surface area contributed by atoms with Crippen molar-refractivity contribution in [3.8, 4) is 22.8 Å². The number of thiazole rings is 1. The normalized spacial score (nSPS) is 10.5. The minimum absolute atomic E-state index is 0.162. The molecule has 0 saturated heterocycles. The number of nitrogens with one attached hydrogen (secondary N) is 1. The first kappa shape index (κ1) is 17.9. The van der Waals surface area contributed by atoms with Gasteiger partial charge in [0.15, 0.2) is 5.13 Å². The fraction of sp³-hybridized carbons (Fsp3) is 0.200. The first-order valence-corrected chi connectivity index (χ1v) is 8.96. The lowest BCUT2D eigenvalue weighted by Crippen LogP contribution is -2.13. The molecule has 0 spiro atoms. The number of amides is 1. The monoisotopic (exact) mass is 368 g/mol. The van der Waals surface area contributed by atoms with E-state index < -0.39 is 0 Å².